The molecule has 0 aromatic heterocycles. The van der Waals surface area contributed by atoms with Crippen molar-refractivity contribution in [3.63, 3.8) is 0 Å². The molecule has 0 heterocycles. The first kappa shape index (κ1) is 22.0. The van der Waals surface area contributed by atoms with Gasteiger partial charge in [0.2, 0.25) is 0 Å². The van der Waals surface area contributed by atoms with Crippen LogP contribution in [0.5, 0.6) is 0 Å². The Hall–Kier alpha value is -1.18. The van der Waals surface area contributed by atoms with E-state index in [0.717, 1.165) is 28.1 Å². The summed E-state index contributed by atoms with van der Waals surface area (Å²) in [5, 5.41) is 0. The summed E-state index contributed by atoms with van der Waals surface area (Å²) in [4.78, 5) is 0. The molecule has 0 atom stereocenters. The maximum Gasteiger partial charge on any atom is 0.0397 e. The van der Waals surface area contributed by atoms with Crippen molar-refractivity contribution in [1.29, 1.82) is 0 Å². The van der Waals surface area contributed by atoms with Crippen LogP contribution in [0.2, 0.25) is 0 Å². The minimum absolute atomic E-state index is 0.829. The predicted molar refractivity (Wildman–Crippen MR) is 88.3 cm³/mol. The van der Waals surface area contributed by atoms with Crippen molar-refractivity contribution >= 4 is 11.4 Å². The van der Waals surface area contributed by atoms with Gasteiger partial charge in [-0.05, 0) is 49.9 Å². The van der Waals surface area contributed by atoms with Crippen molar-refractivity contribution in [2.45, 2.75) is 69.2 Å². The normalized spacial score (nSPS) is 7.89. The molecule has 2 nitrogen and oxygen atoms in total. The fourth-order valence-electron chi connectivity index (χ4n) is 1.39. The zero-order valence-electron chi connectivity index (χ0n) is 14.2. The van der Waals surface area contributed by atoms with E-state index in [-0.39, 0.29) is 0 Å². The van der Waals surface area contributed by atoms with Crippen molar-refractivity contribution in [1.82, 2.24) is 0 Å². The third kappa shape index (κ3) is 5.44. The van der Waals surface area contributed by atoms with Gasteiger partial charge < -0.3 is 11.5 Å². The van der Waals surface area contributed by atoms with Gasteiger partial charge in [0.25, 0.3) is 0 Å². The van der Waals surface area contributed by atoms with Crippen LogP contribution in [0.4, 0.5) is 11.4 Å². The van der Waals surface area contributed by atoms with Crippen LogP contribution in [0.3, 0.4) is 0 Å². The van der Waals surface area contributed by atoms with Crippen LogP contribution in [0.1, 0.15) is 63.8 Å². The summed E-state index contributed by atoms with van der Waals surface area (Å²) in [6.45, 7) is 20.1. The van der Waals surface area contributed by atoms with Crippen LogP contribution < -0.4 is 11.5 Å². The van der Waals surface area contributed by atoms with Gasteiger partial charge in [0.1, 0.15) is 0 Å². The number of hydrogen-bond acceptors (Lipinski definition) is 2. The molecule has 18 heavy (non-hydrogen) atoms. The number of nitrogen functional groups attached to an aromatic ring is 2. The molecule has 4 N–H and O–H groups in total. The van der Waals surface area contributed by atoms with E-state index in [1.807, 2.05) is 62.3 Å². The average molecular weight is 254 g/mol. The van der Waals surface area contributed by atoms with Crippen molar-refractivity contribution in [3.05, 3.63) is 22.3 Å². The Morgan fingerprint density at radius 3 is 0.889 bits per heavy atom. The molecule has 0 aliphatic heterocycles. The molecular weight excluding hydrogens is 220 g/mol. The van der Waals surface area contributed by atoms with Crippen molar-refractivity contribution in [2.24, 2.45) is 0 Å². The van der Waals surface area contributed by atoms with E-state index in [9.17, 15) is 0 Å². The molecule has 0 radical (unpaired) electrons. The SMILES string of the molecule is CC.CC.CC.Cc1c(C)c(N)c(C)c(N)c1C. The van der Waals surface area contributed by atoms with E-state index < -0.39 is 0 Å². The van der Waals surface area contributed by atoms with Gasteiger partial charge in [-0.3, -0.25) is 0 Å². The highest BCUT2D eigenvalue weighted by molar-refractivity contribution is 5.70. The van der Waals surface area contributed by atoms with Crippen LogP contribution in [0.15, 0.2) is 0 Å². The molecule has 0 saturated carbocycles. The smallest absolute Gasteiger partial charge is 0.0397 e. The Bertz CT molecular complexity index is 223. The van der Waals surface area contributed by atoms with Crippen molar-refractivity contribution < 1.29 is 0 Å². The fraction of sp³-hybridized carbons (Fsp3) is 0.625. The second kappa shape index (κ2) is 12.3. The summed E-state index contributed by atoms with van der Waals surface area (Å²) in [6, 6.07) is 0. The topological polar surface area (TPSA) is 52.0 Å². The Morgan fingerprint density at radius 1 is 0.444 bits per heavy atom. The second-order valence-corrected chi connectivity index (χ2v) is 3.33. The van der Waals surface area contributed by atoms with E-state index in [1.165, 1.54) is 5.56 Å². The minimum atomic E-state index is 0.829. The first-order chi connectivity index (χ1) is 8.46. The number of nitrogens with two attached hydrogens (primary N) is 2. The van der Waals surface area contributed by atoms with Crippen molar-refractivity contribution in [3.8, 4) is 0 Å². The Kier molecular flexibility index (Phi) is 15.0. The third-order valence-corrected chi connectivity index (χ3v) is 2.74. The van der Waals surface area contributed by atoms with E-state index in [2.05, 4.69) is 6.92 Å². The standard InChI is InChI=1S/C10H16N2.3C2H6/c1-5-6(2)9(11)8(4)10(12)7(5)3;3*1-2/h11-12H2,1-4H3;3*1-2H3. The molecule has 0 fully saturated rings. The number of benzene rings is 1. The summed E-state index contributed by atoms with van der Waals surface area (Å²) >= 11 is 0. The van der Waals surface area contributed by atoms with Gasteiger partial charge in [-0.1, -0.05) is 41.5 Å². The van der Waals surface area contributed by atoms with Gasteiger partial charge >= 0.3 is 0 Å². The highest BCUT2D eigenvalue weighted by atomic mass is 14.6. The minimum Gasteiger partial charge on any atom is -0.398 e. The lowest BCUT2D eigenvalue weighted by Gasteiger charge is -2.14. The number of anilines is 2. The maximum atomic E-state index is 5.87. The Labute approximate surface area is 115 Å². The van der Waals surface area contributed by atoms with E-state index >= 15 is 0 Å². The predicted octanol–water partition coefficient (Wildman–Crippen LogP) is 5.16. The molecule has 0 saturated heterocycles. The van der Waals surface area contributed by atoms with Crippen LogP contribution >= 0.6 is 0 Å². The summed E-state index contributed by atoms with van der Waals surface area (Å²) in [5.41, 5.74) is 17.9. The van der Waals surface area contributed by atoms with E-state index in [4.69, 9.17) is 11.5 Å². The van der Waals surface area contributed by atoms with Crippen LogP contribution in [0, 0.1) is 27.7 Å². The first-order valence-electron chi connectivity index (χ1n) is 7.08. The molecule has 0 amide bonds. The zero-order valence-corrected chi connectivity index (χ0v) is 14.2. The molecule has 0 aliphatic carbocycles. The summed E-state index contributed by atoms with van der Waals surface area (Å²) < 4.78 is 0. The second-order valence-electron chi connectivity index (χ2n) is 3.33. The maximum absolute atomic E-state index is 5.87. The lowest BCUT2D eigenvalue weighted by Crippen LogP contribution is -2.04. The molecule has 1 aromatic rings. The lowest BCUT2D eigenvalue weighted by molar-refractivity contribution is 1.24. The molecule has 0 bridgehead atoms. The molecule has 2 heteroatoms. The van der Waals surface area contributed by atoms with Crippen LogP contribution in [-0.2, 0) is 0 Å². The fourth-order valence-corrected chi connectivity index (χ4v) is 1.39. The third-order valence-electron chi connectivity index (χ3n) is 2.74. The molecule has 1 aromatic carbocycles. The first-order valence-corrected chi connectivity index (χ1v) is 7.08. The van der Waals surface area contributed by atoms with Gasteiger partial charge in [0, 0.05) is 11.4 Å². The Balaban J connectivity index is -0.000000328. The molecule has 0 aliphatic rings. The van der Waals surface area contributed by atoms with E-state index in [0.29, 0.717) is 0 Å². The van der Waals surface area contributed by atoms with Crippen molar-refractivity contribution in [2.75, 3.05) is 11.5 Å². The van der Waals surface area contributed by atoms with Crippen LogP contribution in [-0.4, -0.2) is 0 Å². The van der Waals surface area contributed by atoms with Gasteiger partial charge in [0.05, 0.1) is 0 Å². The molecule has 108 valence electrons. The Morgan fingerprint density at radius 2 is 0.667 bits per heavy atom. The average Bonchev–Trinajstić information content (AvgIpc) is 2.47. The molecule has 1 rings (SSSR count). The van der Waals surface area contributed by atoms with Gasteiger partial charge in [0.15, 0.2) is 0 Å². The van der Waals surface area contributed by atoms with Gasteiger partial charge in [-0.25, -0.2) is 0 Å². The highest BCUT2D eigenvalue weighted by Crippen LogP contribution is 2.29. The molecule has 0 unspecified atom stereocenters. The monoisotopic (exact) mass is 254 g/mol. The molecule has 0 spiro atoms. The number of hydrogen-bond donors (Lipinski definition) is 2. The summed E-state index contributed by atoms with van der Waals surface area (Å²) in [6.07, 6.45) is 0. The van der Waals surface area contributed by atoms with Crippen LogP contribution in [0.25, 0.3) is 0 Å². The molecular formula is C16H34N2. The lowest BCUT2D eigenvalue weighted by atomic mass is 9.96. The van der Waals surface area contributed by atoms with Gasteiger partial charge in [-0.2, -0.15) is 0 Å². The van der Waals surface area contributed by atoms with E-state index in [1.54, 1.807) is 0 Å². The largest absolute Gasteiger partial charge is 0.398 e. The number of rotatable bonds is 0. The highest BCUT2D eigenvalue weighted by Gasteiger charge is 2.09. The van der Waals surface area contributed by atoms with Gasteiger partial charge in [-0.15, -0.1) is 0 Å². The zero-order chi connectivity index (χ0) is 15.5. The summed E-state index contributed by atoms with van der Waals surface area (Å²) in [7, 11) is 0. The summed E-state index contributed by atoms with van der Waals surface area (Å²) in [5.74, 6) is 0. The quantitative estimate of drug-likeness (QED) is 0.628.